The minimum atomic E-state index is -0.185. The summed E-state index contributed by atoms with van der Waals surface area (Å²) in [5.41, 5.74) is 4.22. The molecule has 0 saturated heterocycles. The van der Waals surface area contributed by atoms with Crippen LogP contribution in [-0.2, 0) is 28.8 Å². The van der Waals surface area contributed by atoms with Crippen molar-refractivity contribution in [1.29, 1.82) is 0 Å². The summed E-state index contributed by atoms with van der Waals surface area (Å²) in [7, 11) is 1.43. The number of esters is 1. The van der Waals surface area contributed by atoms with E-state index in [1.165, 1.54) is 12.7 Å². The Bertz CT molecular complexity index is 978. The van der Waals surface area contributed by atoms with Crippen molar-refractivity contribution >= 4 is 5.97 Å². The third kappa shape index (κ3) is 5.29. The SMILES string of the molecule is CCc1cc(OCCc2nc(-c3ccccc3)oc2C)ccc1C[C@H](C)C(=O)OC. The molecule has 3 aromatic rings. The molecule has 2 aromatic carbocycles. The van der Waals surface area contributed by atoms with Crippen molar-refractivity contribution < 1.29 is 18.7 Å². The van der Waals surface area contributed by atoms with Crippen molar-refractivity contribution in [3.05, 3.63) is 71.1 Å². The Morgan fingerprint density at radius 1 is 1.13 bits per heavy atom. The Labute approximate surface area is 178 Å². The van der Waals surface area contributed by atoms with E-state index in [1.807, 2.05) is 56.3 Å². The number of carbonyl (C=O) groups excluding carboxylic acids is 1. The Morgan fingerprint density at radius 2 is 1.90 bits per heavy atom. The Morgan fingerprint density at radius 3 is 2.60 bits per heavy atom. The van der Waals surface area contributed by atoms with Gasteiger partial charge in [-0.1, -0.05) is 38.1 Å². The van der Waals surface area contributed by atoms with E-state index in [2.05, 4.69) is 18.0 Å². The fourth-order valence-electron chi connectivity index (χ4n) is 3.46. The van der Waals surface area contributed by atoms with E-state index in [9.17, 15) is 4.79 Å². The van der Waals surface area contributed by atoms with Gasteiger partial charge >= 0.3 is 5.97 Å². The van der Waals surface area contributed by atoms with Crippen LogP contribution in [0.3, 0.4) is 0 Å². The zero-order valence-corrected chi connectivity index (χ0v) is 18.1. The molecule has 0 aliphatic rings. The molecule has 5 nitrogen and oxygen atoms in total. The molecule has 0 bridgehead atoms. The highest BCUT2D eigenvalue weighted by molar-refractivity contribution is 5.72. The summed E-state index contributed by atoms with van der Waals surface area (Å²) >= 11 is 0. The minimum Gasteiger partial charge on any atom is -0.493 e. The summed E-state index contributed by atoms with van der Waals surface area (Å²) < 4.78 is 16.6. The maximum absolute atomic E-state index is 11.7. The molecule has 1 atom stereocenters. The number of aryl methyl sites for hydroxylation is 2. The van der Waals surface area contributed by atoms with Gasteiger partial charge in [-0.15, -0.1) is 0 Å². The summed E-state index contributed by atoms with van der Waals surface area (Å²) in [6.07, 6.45) is 2.21. The Balaban J connectivity index is 1.61. The van der Waals surface area contributed by atoms with Crippen LogP contribution >= 0.6 is 0 Å². The van der Waals surface area contributed by atoms with Gasteiger partial charge in [0.15, 0.2) is 0 Å². The van der Waals surface area contributed by atoms with Gasteiger partial charge in [0.1, 0.15) is 11.5 Å². The normalized spacial score (nSPS) is 11.9. The van der Waals surface area contributed by atoms with E-state index < -0.39 is 0 Å². The fourth-order valence-corrected chi connectivity index (χ4v) is 3.46. The molecule has 3 rings (SSSR count). The van der Waals surface area contributed by atoms with Crippen molar-refractivity contribution in [3.8, 4) is 17.2 Å². The molecule has 0 N–H and O–H groups in total. The van der Waals surface area contributed by atoms with Crippen LogP contribution in [0.2, 0.25) is 0 Å². The highest BCUT2D eigenvalue weighted by atomic mass is 16.5. The van der Waals surface area contributed by atoms with Crippen LogP contribution in [0.4, 0.5) is 0 Å². The number of rotatable bonds is 9. The van der Waals surface area contributed by atoms with Crippen LogP contribution in [0.15, 0.2) is 52.9 Å². The summed E-state index contributed by atoms with van der Waals surface area (Å²) in [5, 5.41) is 0. The summed E-state index contributed by atoms with van der Waals surface area (Å²) in [4.78, 5) is 16.3. The standard InChI is InChI=1S/C25H29NO4/c1-5-19-16-22(12-11-21(19)15-17(2)25(27)28-4)29-14-13-23-18(3)30-24(26-23)20-9-7-6-8-10-20/h6-12,16-17H,5,13-15H2,1-4H3/t17-/m0/s1. The lowest BCUT2D eigenvalue weighted by atomic mass is 9.95. The number of hydrogen-bond donors (Lipinski definition) is 0. The molecule has 0 aliphatic heterocycles. The van der Waals surface area contributed by atoms with Crippen molar-refractivity contribution in [2.45, 2.75) is 40.0 Å². The van der Waals surface area contributed by atoms with Crippen LogP contribution < -0.4 is 4.74 Å². The highest BCUT2D eigenvalue weighted by Crippen LogP contribution is 2.24. The molecule has 0 spiro atoms. The molecule has 0 radical (unpaired) electrons. The fraction of sp³-hybridized carbons (Fsp3) is 0.360. The van der Waals surface area contributed by atoms with E-state index in [0.29, 0.717) is 25.3 Å². The van der Waals surface area contributed by atoms with Gasteiger partial charge in [0.25, 0.3) is 0 Å². The number of aromatic nitrogens is 1. The molecular formula is C25H29NO4. The Hall–Kier alpha value is -3.08. The van der Waals surface area contributed by atoms with Gasteiger partial charge in [-0.3, -0.25) is 4.79 Å². The second-order valence-electron chi connectivity index (χ2n) is 7.40. The lowest BCUT2D eigenvalue weighted by molar-refractivity contribution is -0.144. The van der Waals surface area contributed by atoms with Gasteiger partial charge in [0.2, 0.25) is 5.89 Å². The van der Waals surface area contributed by atoms with Gasteiger partial charge in [-0.05, 0) is 55.2 Å². The number of carbonyl (C=O) groups is 1. The van der Waals surface area contributed by atoms with E-state index in [-0.39, 0.29) is 11.9 Å². The summed E-state index contributed by atoms with van der Waals surface area (Å²) in [6.45, 7) is 6.44. The van der Waals surface area contributed by atoms with Crippen LogP contribution in [0.25, 0.3) is 11.5 Å². The van der Waals surface area contributed by atoms with Gasteiger partial charge in [0.05, 0.1) is 25.3 Å². The van der Waals surface area contributed by atoms with E-state index in [0.717, 1.165) is 34.8 Å². The topological polar surface area (TPSA) is 61.6 Å². The first-order valence-corrected chi connectivity index (χ1v) is 10.4. The maximum Gasteiger partial charge on any atom is 0.308 e. The zero-order chi connectivity index (χ0) is 21.5. The second-order valence-corrected chi connectivity index (χ2v) is 7.40. The average molecular weight is 408 g/mol. The molecule has 1 heterocycles. The predicted octanol–water partition coefficient (Wildman–Crippen LogP) is 5.19. The van der Waals surface area contributed by atoms with E-state index in [1.54, 1.807) is 0 Å². The number of oxazole rings is 1. The van der Waals surface area contributed by atoms with Gasteiger partial charge in [0, 0.05) is 12.0 Å². The van der Waals surface area contributed by atoms with Crippen molar-refractivity contribution in [3.63, 3.8) is 0 Å². The smallest absolute Gasteiger partial charge is 0.308 e. The first-order chi connectivity index (χ1) is 14.5. The molecule has 30 heavy (non-hydrogen) atoms. The number of benzene rings is 2. The largest absolute Gasteiger partial charge is 0.493 e. The minimum absolute atomic E-state index is 0.166. The molecule has 0 fully saturated rings. The molecule has 0 aliphatic carbocycles. The van der Waals surface area contributed by atoms with Crippen LogP contribution in [0.1, 0.15) is 36.4 Å². The lowest BCUT2D eigenvalue weighted by Crippen LogP contribution is -2.16. The number of nitrogens with zero attached hydrogens (tertiary/aromatic N) is 1. The van der Waals surface area contributed by atoms with Crippen LogP contribution in [0, 0.1) is 12.8 Å². The molecule has 0 unspecified atom stereocenters. The Kier molecular flexibility index (Phi) is 7.28. The van der Waals surface area contributed by atoms with Crippen molar-refractivity contribution in [2.24, 2.45) is 5.92 Å². The lowest BCUT2D eigenvalue weighted by Gasteiger charge is -2.14. The first-order valence-electron chi connectivity index (χ1n) is 10.4. The van der Waals surface area contributed by atoms with Gasteiger partial charge in [-0.2, -0.15) is 0 Å². The third-order valence-corrected chi connectivity index (χ3v) is 5.21. The van der Waals surface area contributed by atoms with Crippen LogP contribution in [-0.4, -0.2) is 24.7 Å². The average Bonchev–Trinajstić information content (AvgIpc) is 3.15. The first kappa shape index (κ1) is 21.6. The molecule has 0 saturated carbocycles. The second kappa shape index (κ2) is 10.1. The molecular weight excluding hydrogens is 378 g/mol. The molecule has 0 amide bonds. The predicted molar refractivity (Wildman–Crippen MR) is 117 cm³/mol. The number of ether oxygens (including phenoxy) is 2. The zero-order valence-electron chi connectivity index (χ0n) is 18.1. The molecule has 5 heteroatoms. The number of methoxy groups -OCH3 is 1. The summed E-state index contributed by atoms with van der Waals surface area (Å²) in [6, 6.07) is 16.0. The van der Waals surface area contributed by atoms with Crippen LogP contribution in [0.5, 0.6) is 5.75 Å². The third-order valence-electron chi connectivity index (χ3n) is 5.21. The maximum atomic E-state index is 11.7. The molecule has 158 valence electrons. The summed E-state index contributed by atoms with van der Waals surface area (Å²) in [5.74, 6) is 1.93. The quantitative estimate of drug-likeness (QED) is 0.457. The van der Waals surface area contributed by atoms with Gasteiger partial charge < -0.3 is 13.9 Å². The highest BCUT2D eigenvalue weighted by Gasteiger charge is 2.16. The monoisotopic (exact) mass is 407 g/mol. The van der Waals surface area contributed by atoms with E-state index >= 15 is 0 Å². The number of hydrogen-bond acceptors (Lipinski definition) is 5. The van der Waals surface area contributed by atoms with Gasteiger partial charge in [-0.25, -0.2) is 4.98 Å². The van der Waals surface area contributed by atoms with Crippen molar-refractivity contribution in [2.75, 3.05) is 13.7 Å². The molecule has 1 aromatic heterocycles. The van der Waals surface area contributed by atoms with E-state index in [4.69, 9.17) is 13.9 Å². The van der Waals surface area contributed by atoms with Crippen molar-refractivity contribution in [1.82, 2.24) is 4.98 Å².